The van der Waals surface area contributed by atoms with Crippen molar-refractivity contribution in [2.75, 3.05) is 11.9 Å². The van der Waals surface area contributed by atoms with Gasteiger partial charge in [-0.25, -0.2) is 4.79 Å². The Hall–Kier alpha value is -2.57. The van der Waals surface area contributed by atoms with Crippen molar-refractivity contribution in [3.8, 4) is 5.75 Å². The first-order valence-electron chi connectivity index (χ1n) is 8.55. The molecule has 7 nitrogen and oxygen atoms in total. The van der Waals surface area contributed by atoms with Crippen molar-refractivity contribution in [1.82, 2.24) is 10.6 Å². The van der Waals surface area contributed by atoms with Crippen molar-refractivity contribution in [2.24, 2.45) is 5.92 Å². The van der Waals surface area contributed by atoms with Gasteiger partial charge in [0, 0.05) is 18.7 Å². The molecule has 1 aliphatic rings. The summed E-state index contributed by atoms with van der Waals surface area (Å²) >= 11 is 0. The number of hydrogen-bond donors (Lipinski definition) is 3. The number of anilines is 1. The third-order valence-electron chi connectivity index (χ3n) is 4.23. The number of nitrogens with one attached hydrogen (secondary N) is 3. The Kier molecular flexibility index (Phi) is 6.80. The number of amides is 4. The Balaban J connectivity index is 1.72. The first-order chi connectivity index (χ1) is 11.9. The van der Waals surface area contributed by atoms with Crippen LogP contribution in [0.3, 0.4) is 0 Å². The van der Waals surface area contributed by atoms with Crippen molar-refractivity contribution in [3.63, 3.8) is 0 Å². The van der Waals surface area contributed by atoms with Crippen molar-refractivity contribution >= 4 is 23.5 Å². The summed E-state index contributed by atoms with van der Waals surface area (Å²) in [5.74, 6) is 0.233. The summed E-state index contributed by atoms with van der Waals surface area (Å²) in [7, 11) is 0. The number of urea groups is 1. The van der Waals surface area contributed by atoms with Crippen LogP contribution in [0, 0.1) is 5.92 Å². The summed E-state index contributed by atoms with van der Waals surface area (Å²) in [5.41, 5.74) is 0.644. The molecule has 25 heavy (non-hydrogen) atoms. The Morgan fingerprint density at radius 3 is 2.44 bits per heavy atom. The van der Waals surface area contributed by atoms with Crippen LogP contribution >= 0.6 is 0 Å². The standard InChI is InChI=1S/C18H25N3O4/c1-12-5-3-4-6-16(12)20-18(24)21-17(23)11-25-15-9-7-14(8-10-15)19-13(2)22/h7-10,12,16H,3-6,11H2,1-2H3,(H,19,22)(H2,20,21,23,24)/t12-,16-/m1/s1. The van der Waals surface area contributed by atoms with E-state index in [1.165, 1.54) is 13.3 Å². The van der Waals surface area contributed by atoms with Crippen LogP contribution in [0.4, 0.5) is 10.5 Å². The molecule has 1 aliphatic carbocycles. The Morgan fingerprint density at radius 1 is 1.12 bits per heavy atom. The van der Waals surface area contributed by atoms with Crippen molar-refractivity contribution in [1.29, 1.82) is 0 Å². The number of hydrogen-bond acceptors (Lipinski definition) is 4. The second-order valence-electron chi connectivity index (χ2n) is 6.38. The minimum absolute atomic E-state index is 0.115. The van der Waals surface area contributed by atoms with Gasteiger partial charge in [-0.15, -0.1) is 0 Å². The van der Waals surface area contributed by atoms with Gasteiger partial charge in [0.1, 0.15) is 5.75 Å². The van der Waals surface area contributed by atoms with Gasteiger partial charge in [0.25, 0.3) is 5.91 Å². The van der Waals surface area contributed by atoms with E-state index in [4.69, 9.17) is 4.74 Å². The van der Waals surface area contributed by atoms with Crippen LogP contribution in [-0.2, 0) is 9.59 Å². The van der Waals surface area contributed by atoms with Gasteiger partial charge in [0.2, 0.25) is 5.91 Å². The molecule has 0 heterocycles. The van der Waals surface area contributed by atoms with Crippen molar-refractivity contribution in [3.05, 3.63) is 24.3 Å². The van der Waals surface area contributed by atoms with Gasteiger partial charge in [-0.3, -0.25) is 14.9 Å². The van der Waals surface area contributed by atoms with Crippen molar-refractivity contribution in [2.45, 2.75) is 45.6 Å². The van der Waals surface area contributed by atoms with Gasteiger partial charge in [0.05, 0.1) is 0 Å². The highest BCUT2D eigenvalue weighted by Gasteiger charge is 2.23. The number of rotatable bonds is 5. The molecule has 136 valence electrons. The molecule has 0 bridgehead atoms. The third kappa shape index (κ3) is 6.45. The molecule has 1 aromatic carbocycles. The predicted octanol–water partition coefficient (Wildman–Crippen LogP) is 2.43. The molecule has 4 amide bonds. The molecule has 0 saturated heterocycles. The lowest BCUT2D eigenvalue weighted by molar-refractivity contribution is -0.122. The highest BCUT2D eigenvalue weighted by molar-refractivity contribution is 5.95. The minimum atomic E-state index is -0.507. The van der Waals surface area contributed by atoms with E-state index in [0.29, 0.717) is 17.4 Å². The third-order valence-corrected chi connectivity index (χ3v) is 4.23. The van der Waals surface area contributed by atoms with E-state index >= 15 is 0 Å². The second kappa shape index (κ2) is 9.05. The molecule has 1 aromatic rings. The summed E-state index contributed by atoms with van der Waals surface area (Å²) in [6, 6.07) is 6.26. The van der Waals surface area contributed by atoms with Crippen LogP contribution in [0.5, 0.6) is 5.75 Å². The lowest BCUT2D eigenvalue weighted by atomic mass is 9.86. The molecule has 2 rings (SSSR count). The average Bonchev–Trinajstić information content (AvgIpc) is 2.56. The largest absolute Gasteiger partial charge is 0.484 e. The smallest absolute Gasteiger partial charge is 0.321 e. The van der Waals surface area contributed by atoms with E-state index < -0.39 is 11.9 Å². The second-order valence-corrected chi connectivity index (χ2v) is 6.38. The highest BCUT2D eigenvalue weighted by Crippen LogP contribution is 2.23. The SMILES string of the molecule is CC(=O)Nc1ccc(OCC(=O)NC(=O)N[C@@H]2CCCC[C@H]2C)cc1. The molecule has 7 heteroatoms. The van der Waals surface area contributed by atoms with Crippen LogP contribution in [0.15, 0.2) is 24.3 Å². The fourth-order valence-corrected chi connectivity index (χ4v) is 2.88. The van der Waals surface area contributed by atoms with E-state index in [-0.39, 0.29) is 18.6 Å². The highest BCUT2D eigenvalue weighted by atomic mass is 16.5. The first-order valence-corrected chi connectivity index (χ1v) is 8.55. The average molecular weight is 347 g/mol. The first kappa shape index (κ1) is 18.8. The fraction of sp³-hybridized carbons (Fsp3) is 0.500. The number of carbonyl (C=O) groups is 3. The van der Waals surface area contributed by atoms with E-state index in [1.54, 1.807) is 24.3 Å². The lowest BCUT2D eigenvalue weighted by Gasteiger charge is -2.29. The van der Waals surface area contributed by atoms with Gasteiger partial charge in [0.15, 0.2) is 6.61 Å². The topological polar surface area (TPSA) is 96.5 Å². The summed E-state index contributed by atoms with van der Waals surface area (Å²) in [4.78, 5) is 34.6. The van der Waals surface area contributed by atoms with Gasteiger partial charge >= 0.3 is 6.03 Å². The zero-order chi connectivity index (χ0) is 18.2. The van der Waals surface area contributed by atoms with Gasteiger partial charge < -0.3 is 15.4 Å². The molecular weight excluding hydrogens is 322 g/mol. The summed E-state index contributed by atoms with van der Waals surface area (Å²) in [5, 5.41) is 7.78. The van der Waals surface area contributed by atoms with Gasteiger partial charge in [-0.2, -0.15) is 0 Å². The fourth-order valence-electron chi connectivity index (χ4n) is 2.88. The Morgan fingerprint density at radius 2 is 1.80 bits per heavy atom. The van der Waals surface area contributed by atoms with Crippen LogP contribution < -0.4 is 20.7 Å². The van der Waals surface area contributed by atoms with E-state index in [1.807, 2.05) is 0 Å². The molecule has 3 N–H and O–H groups in total. The van der Waals surface area contributed by atoms with Crippen molar-refractivity contribution < 1.29 is 19.1 Å². The normalized spacial score (nSPS) is 19.6. The maximum absolute atomic E-state index is 11.9. The number of imide groups is 1. The van der Waals surface area contributed by atoms with E-state index in [2.05, 4.69) is 22.9 Å². The Labute approximate surface area is 147 Å². The summed E-state index contributed by atoms with van der Waals surface area (Å²) < 4.78 is 5.34. The number of ether oxygens (including phenoxy) is 1. The summed E-state index contributed by atoms with van der Waals surface area (Å²) in [6.07, 6.45) is 4.33. The quantitative estimate of drug-likeness (QED) is 0.762. The van der Waals surface area contributed by atoms with Crippen LogP contribution in [0.2, 0.25) is 0 Å². The molecule has 0 aromatic heterocycles. The van der Waals surface area contributed by atoms with Crippen LogP contribution in [0.1, 0.15) is 39.5 Å². The van der Waals surface area contributed by atoms with E-state index in [9.17, 15) is 14.4 Å². The molecule has 0 aliphatic heterocycles. The monoisotopic (exact) mass is 347 g/mol. The zero-order valence-corrected chi connectivity index (χ0v) is 14.6. The van der Waals surface area contributed by atoms with Gasteiger partial charge in [-0.05, 0) is 43.0 Å². The zero-order valence-electron chi connectivity index (χ0n) is 14.6. The molecule has 2 atom stereocenters. The molecule has 1 fully saturated rings. The molecule has 1 saturated carbocycles. The van der Waals surface area contributed by atoms with Gasteiger partial charge in [-0.1, -0.05) is 19.8 Å². The molecule has 0 spiro atoms. The van der Waals surface area contributed by atoms with Crippen LogP contribution in [-0.4, -0.2) is 30.5 Å². The minimum Gasteiger partial charge on any atom is -0.484 e. The molecular formula is C18H25N3O4. The molecule has 0 unspecified atom stereocenters. The van der Waals surface area contributed by atoms with E-state index in [0.717, 1.165) is 19.3 Å². The number of carbonyl (C=O) groups excluding carboxylic acids is 3. The van der Waals surface area contributed by atoms with Crippen LogP contribution in [0.25, 0.3) is 0 Å². The predicted molar refractivity (Wildman–Crippen MR) is 94.3 cm³/mol. The molecule has 0 radical (unpaired) electrons. The maximum atomic E-state index is 11.9. The lowest BCUT2D eigenvalue weighted by Crippen LogP contribution is -2.48. The Bertz CT molecular complexity index is 615. The summed E-state index contributed by atoms with van der Waals surface area (Å²) in [6.45, 7) is 3.28. The number of benzene rings is 1. The maximum Gasteiger partial charge on any atom is 0.321 e.